The van der Waals surface area contributed by atoms with Crippen LogP contribution in [0.3, 0.4) is 0 Å². The van der Waals surface area contributed by atoms with E-state index in [1.807, 2.05) is 41.7 Å². The van der Waals surface area contributed by atoms with Crippen LogP contribution in [0.5, 0.6) is 0 Å². The van der Waals surface area contributed by atoms with Crippen molar-refractivity contribution in [1.29, 1.82) is 0 Å². The predicted molar refractivity (Wildman–Crippen MR) is 121 cm³/mol. The van der Waals surface area contributed by atoms with E-state index >= 15 is 0 Å². The van der Waals surface area contributed by atoms with Gasteiger partial charge in [0, 0.05) is 46.4 Å². The molecule has 27 heavy (non-hydrogen) atoms. The molecule has 1 saturated heterocycles. The van der Waals surface area contributed by atoms with Gasteiger partial charge in [-0.25, -0.2) is 4.79 Å². The Morgan fingerprint density at radius 3 is 2.41 bits per heavy atom. The van der Waals surface area contributed by atoms with E-state index in [-0.39, 0.29) is 36.1 Å². The highest BCUT2D eigenvalue weighted by Crippen LogP contribution is 2.14. The lowest BCUT2D eigenvalue weighted by Gasteiger charge is -2.34. The Morgan fingerprint density at radius 1 is 1.33 bits per heavy atom. The summed E-state index contributed by atoms with van der Waals surface area (Å²) in [6.45, 7) is 13.2. The fourth-order valence-corrected chi connectivity index (χ4v) is 2.90. The summed E-state index contributed by atoms with van der Waals surface area (Å²) in [5.41, 5.74) is -0.473. The van der Waals surface area contributed by atoms with Crippen LogP contribution in [0.4, 0.5) is 4.79 Å². The van der Waals surface area contributed by atoms with E-state index in [0.29, 0.717) is 6.10 Å². The van der Waals surface area contributed by atoms with Crippen LogP contribution >= 0.6 is 24.0 Å². The molecule has 0 aromatic rings. The minimum absolute atomic E-state index is 0. The Kier molecular flexibility index (Phi) is 12.3. The van der Waals surface area contributed by atoms with Gasteiger partial charge in [-0.3, -0.25) is 4.99 Å². The van der Waals surface area contributed by atoms with E-state index in [1.165, 1.54) is 0 Å². The second-order valence-electron chi connectivity index (χ2n) is 7.84. The second kappa shape index (κ2) is 12.6. The molecule has 160 valence electrons. The number of amides is 1. The molecule has 1 unspecified atom stereocenters. The van der Waals surface area contributed by atoms with Gasteiger partial charge in [-0.2, -0.15) is 0 Å². The van der Waals surface area contributed by atoms with Crippen molar-refractivity contribution < 1.29 is 14.3 Å². The van der Waals surface area contributed by atoms with Gasteiger partial charge in [-0.15, -0.1) is 24.0 Å². The van der Waals surface area contributed by atoms with Gasteiger partial charge in [0.15, 0.2) is 5.96 Å². The van der Waals surface area contributed by atoms with Crippen molar-refractivity contribution in [3.05, 3.63) is 0 Å². The Labute approximate surface area is 182 Å². The number of carbonyl (C=O) groups is 1. The summed E-state index contributed by atoms with van der Waals surface area (Å²) in [4.78, 5) is 20.4. The number of hydrogen-bond acceptors (Lipinski definition) is 4. The Morgan fingerprint density at radius 2 is 1.93 bits per heavy atom. The van der Waals surface area contributed by atoms with Gasteiger partial charge in [0.1, 0.15) is 5.60 Å². The molecule has 0 aromatic heterocycles. The van der Waals surface area contributed by atoms with Crippen molar-refractivity contribution in [3.63, 3.8) is 0 Å². The molecule has 1 atom stereocenters. The van der Waals surface area contributed by atoms with Crippen molar-refractivity contribution in [1.82, 2.24) is 15.1 Å². The van der Waals surface area contributed by atoms with Gasteiger partial charge in [-0.05, 0) is 53.9 Å². The molecule has 0 bridgehead atoms. The summed E-state index contributed by atoms with van der Waals surface area (Å²) >= 11 is 0. The first kappa shape index (κ1) is 26.2. The fraction of sp³-hybridized carbons (Fsp3) is 0.895. The number of halogens is 1. The zero-order valence-corrected chi connectivity index (χ0v) is 20.4. The molecule has 0 saturated carbocycles. The van der Waals surface area contributed by atoms with Crippen molar-refractivity contribution in [2.75, 3.05) is 40.3 Å². The molecule has 1 aliphatic rings. The van der Waals surface area contributed by atoms with Crippen molar-refractivity contribution in [3.8, 4) is 0 Å². The molecule has 1 amide bonds. The highest BCUT2D eigenvalue weighted by atomic mass is 127. The highest BCUT2D eigenvalue weighted by Gasteiger charge is 2.24. The summed E-state index contributed by atoms with van der Waals surface area (Å²) in [7, 11) is 3.60. The lowest BCUT2D eigenvalue weighted by molar-refractivity contribution is 0.0230. The number of likely N-dealkylation sites (tertiary alicyclic amines) is 1. The van der Waals surface area contributed by atoms with E-state index in [9.17, 15) is 4.79 Å². The molecule has 8 heteroatoms. The smallest absolute Gasteiger partial charge is 0.410 e. The maximum Gasteiger partial charge on any atom is 0.410 e. The maximum absolute atomic E-state index is 12.1. The van der Waals surface area contributed by atoms with E-state index in [2.05, 4.69) is 15.2 Å². The van der Waals surface area contributed by atoms with Crippen LogP contribution in [-0.2, 0) is 9.47 Å². The predicted octanol–water partition coefficient (Wildman–Crippen LogP) is 3.33. The van der Waals surface area contributed by atoms with Crippen LogP contribution in [0, 0.1) is 0 Å². The van der Waals surface area contributed by atoms with Crippen LogP contribution in [0.1, 0.15) is 53.9 Å². The second-order valence-corrected chi connectivity index (χ2v) is 7.84. The number of rotatable bonds is 6. The molecule has 1 fully saturated rings. The molecular formula is C19H39IN4O3. The fourth-order valence-electron chi connectivity index (χ4n) is 2.90. The summed E-state index contributed by atoms with van der Waals surface area (Å²) in [6.07, 6.45) is 2.98. The normalized spacial score (nSPS) is 17.1. The minimum atomic E-state index is -0.473. The first-order chi connectivity index (χ1) is 12.2. The third-order valence-electron chi connectivity index (χ3n) is 4.54. The molecule has 0 spiro atoms. The van der Waals surface area contributed by atoms with Crippen molar-refractivity contribution >= 4 is 36.0 Å². The Balaban J connectivity index is 0.00000676. The maximum atomic E-state index is 12.1. The molecule has 1 rings (SSSR count). The largest absolute Gasteiger partial charge is 0.444 e. The first-order valence-corrected chi connectivity index (χ1v) is 9.71. The number of hydrogen-bond donors (Lipinski definition) is 1. The number of aliphatic imine (C=N–C) groups is 1. The average Bonchev–Trinajstić information content (AvgIpc) is 2.57. The quantitative estimate of drug-likeness (QED) is 0.346. The molecule has 1 aliphatic heterocycles. The molecule has 0 aliphatic carbocycles. The lowest BCUT2D eigenvalue weighted by atomic mass is 10.1. The van der Waals surface area contributed by atoms with Crippen LogP contribution in [0.2, 0.25) is 0 Å². The van der Waals surface area contributed by atoms with Crippen LogP contribution in [0.25, 0.3) is 0 Å². The molecule has 0 radical (unpaired) electrons. The highest BCUT2D eigenvalue weighted by molar-refractivity contribution is 14.0. The molecular weight excluding hydrogens is 459 g/mol. The molecule has 7 nitrogen and oxygen atoms in total. The third-order valence-corrected chi connectivity index (χ3v) is 4.54. The standard InChI is InChI=1S/C19H38N4O3.HI/c1-8-25-16-10-13-23(14-11-16)17(20-6)21-12-9-15(2)22(7)18(24)26-19(3,4)5;/h15-16H,8-14H2,1-7H3,(H,20,21);1H. The van der Waals surface area contributed by atoms with Crippen LogP contribution in [-0.4, -0.2) is 79.9 Å². The van der Waals surface area contributed by atoms with Gasteiger partial charge < -0.3 is 24.6 Å². The molecule has 1 heterocycles. The third kappa shape index (κ3) is 9.82. The van der Waals surface area contributed by atoms with Gasteiger partial charge >= 0.3 is 6.09 Å². The van der Waals surface area contributed by atoms with E-state index in [0.717, 1.165) is 51.5 Å². The number of carbonyl (C=O) groups excluding carboxylic acids is 1. The Hall–Kier alpha value is -0.770. The van der Waals surface area contributed by atoms with Gasteiger partial charge in [0.2, 0.25) is 0 Å². The Bertz CT molecular complexity index is 460. The summed E-state index contributed by atoms with van der Waals surface area (Å²) in [5.74, 6) is 0.923. The van der Waals surface area contributed by atoms with Gasteiger partial charge in [0.05, 0.1) is 6.10 Å². The van der Waals surface area contributed by atoms with Crippen LogP contribution in [0.15, 0.2) is 4.99 Å². The number of guanidine groups is 1. The van der Waals surface area contributed by atoms with Gasteiger partial charge in [0.25, 0.3) is 0 Å². The molecule has 0 aromatic carbocycles. The van der Waals surface area contributed by atoms with Crippen LogP contribution < -0.4 is 5.32 Å². The summed E-state index contributed by atoms with van der Waals surface area (Å²) < 4.78 is 11.1. The number of nitrogens with one attached hydrogen (secondary N) is 1. The molecule has 1 N–H and O–H groups in total. The SMILES string of the molecule is CCOC1CCN(C(=NC)NCCC(C)N(C)C(=O)OC(C)(C)C)CC1.I. The van der Waals surface area contributed by atoms with E-state index < -0.39 is 5.60 Å². The van der Waals surface area contributed by atoms with E-state index in [1.54, 1.807) is 11.9 Å². The van der Waals surface area contributed by atoms with Gasteiger partial charge in [-0.1, -0.05) is 0 Å². The van der Waals surface area contributed by atoms with Crippen molar-refractivity contribution in [2.24, 2.45) is 4.99 Å². The summed E-state index contributed by atoms with van der Waals surface area (Å²) in [6, 6.07) is 0.0825. The number of nitrogens with zero attached hydrogens (tertiary/aromatic N) is 3. The number of piperidine rings is 1. The first-order valence-electron chi connectivity index (χ1n) is 9.71. The van der Waals surface area contributed by atoms with E-state index in [4.69, 9.17) is 9.47 Å². The summed E-state index contributed by atoms with van der Waals surface area (Å²) in [5, 5.41) is 3.42. The lowest BCUT2D eigenvalue weighted by Crippen LogP contribution is -2.48. The topological polar surface area (TPSA) is 66.4 Å². The number of ether oxygens (including phenoxy) is 2. The monoisotopic (exact) mass is 498 g/mol. The minimum Gasteiger partial charge on any atom is -0.444 e. The zero-order valence-electron chi connectivity index (χ0n) is 18.1. The van der Waals surface area contributed by atoms with Crippen molar-refractivity contribution in [2.45, 2.75) is 71.6 Å². The zero-order chi connectivity index (χ0) is 19.7. The average molecular weight is 498 g/mol.